The van der Waals surface area contributed by atoms with Crippen molar-refractivity contribution in [3.63, 3.8) is 0 Å². The number of fused-ring (bicyclic) bond motifs is 6. The molecule has 2 heterocycles. The molecule has 0 spiro atoms. The third-order valence-electron chi connectivity index (χ3n) is 7.46. The molecule has 4 aromatic rings. The van der Waals surface area contributed by atoms with E-state index in [0.29, 0.717) is 11.8 Å². The Morgan fingerprint density at radius 1 is 0.561 bits per heavy atom. The first-order valence-corrected chi connectivity index (χ1v) is 14.7. The van der Waals surface area contributed by atoms with Gasteiger partial charge in [-0.2, -0.15) is 22.7 Å². The van der Waals surface area contributed by atoms with Gasteiger partial charge in [-0.25, -0.2) is 0 Å². The average Bonchev–Trinajstić information content (AvgIpc) is 3.73. The van der Waals surface area contributed by atoms with E-state index < -0.39 is 0 Å². The molecule has 200 valence electrons. The number of halogens is 2. The minimum Gasteiger partial charge on any atom is -1.00 e. The zero-order chi connectivity index (χ0) is 25.6. The van der Waals surface area contributed by atoms with E-state index in [1.807, 2.05) is 22.7 Å². The Kier molecular flexibility index (Phi) is 10.3. The summed E-state index contributed by atoms with van der Waals surface area (Å²) in [6, 6.07) is 22.0. The Hall–Kier alpha value is -2.26. The largest absolute Gasteiger partial charge is 4.00 e. The standard InChI is InChI=1S/2C18H13S.2ClH.Zr/c2*1-12-9-10-18(19-12)16-8-4-7-15-14-6-3-2-5-13(14)11-17(15)16;;;/h2*2-10,14H,1H3;2*1H;/q2*-1;;;+4/p-2. The van der Waals surface area contributed by atoms with Gasteiger partial charge in [-0.15, -0.1) is 82.0 Å². The first-order chi connectivity index (χ1) is 18.7. The van der Waals surface area contributed by atoms with E-state index in [9.17, 15) is 0 Å². The van der Waals surface area contributed by atoms with Gasteiger partial charge in [-0.05, 0) is 47.6 Å². The Balaban J connectivity index is 0.000000176. The molecule has 0 saturated carbocycles. The van der Waals surface area contributed by atoms with Crippen molar-refractivity contribution in [2.24, 2.45) is 0 Å². The minimum absolute atomic E-state index is 0. The second-order valence-corrected chi connectivity index (χ2v) is 12.5. The van der Waals surface area contributed by atoms with Crippen LogP contribution in [0.15, 0.2) is 120 Å². The van der Waals surface area contributed by atoms with Crippen molar-refractivity contribution >= 4 is 22.7 Å². The van der Waals surface area contributed by atoms with Gasteiger partial charge in [-0.1, -0.05) is 71.8 Å². The monoisotopic (exact) mass is 682 g/mol. The van der Waals surface area contributed by atoms with Crippen molar-refractivity contribution in [1.82, 2.24) is 0 Å². The van der Waals surface area contributed by atoms with Crippen molar-refractivity contribution in [2.45, 2.75) is 25.7 Å². The summed E-state index contributed by atoms with van der Waals surface area (Å²) in [4.78, 5) is 5.40. The zero-order valence-electron chi connectivity index (χ0n) is 22.6. The van der Waals surface area contributed by atoms with Crippen LogP contribution in [0.1, 0.15) is 43.8 Å². The molecule has 4 aliphatic carbocycles. The van der Waals surface area contributed by atoms with Crippen molar-refractivity contribution in [2.75, 3.05) is 0 Å². The number of hydrogen-bond donors (Lipinski definition) is 0. The fourth-order valence-electron chi connectivity index (χ4n) is 5.66. The van der Waals surface area contributed by atoms with Crippen LogP contribution in [0.25, 0.3) is 20.9 Å². The fourth-order valence-corrected chi connectivity index (χ4v) is 7.46. The van der Waals surface area contributed by atoms with Gasteiger partial charge in [0.05, 0.1) is 0 Å². The summed E-state index contributed by atoms with van der Waals surface area (Å²) in [5, 5.41) is 0. The van der Waals surface area contributed by atoms with Gasteiger partial charge in [0.25, 0.3) is 0 Å². The normalized spacial score (nSPS) is 17.8. The van der Waals surface area contributed by atoms with Crippen molar-refractivity contribution < 1.29 is 51.0 Å². The first kappa shape index (κ1) is 31.7. The Labute approximate surface area is 282 Å². The molecule has 0 radical (unpaired) electrons. The molecule has 8 rings (SSSR count). The van der Waals surface area contributed by atoms with E-state index in [-0.39, 0.29) is 51.0 Å². The van der Waals surface area contributed by atoms with Gasteiger partial charge in [-0.3, -0.25) is 0 Å². The van der Waals surface area contributed by atoms with Crippen molar-refractivity contribution in [3.05, 3.63) is 165 Å². The van der Waals surface area contributed by atoms with Crippen LogP contribution in [0.2, 0.25) is 0 Å². The Morgan fingerprint density at radius 3 is 1.39 bits per heavy atom. The summed E-state index contributed by atoms with van der Waals surface area (Å²) < 4.78 is 0. The maximum absolute atomic E-state index is 3.60. The summed E-state index contributed by atoms with van der Waals surface area (Å²) in [6.45, 7) is 4.32. The molecule has 0 nitrogen and oxygen atoms in total. The molecule has 0 bridgehead atoms. The maximum Gasteiger partial charge on any atom is 4.00 e. The predicted molar refractivity (Wildman–Crippen MR) is 163 cm³/mol. The number of allylic oxidation sites excluding steroid dienone is 10. The van der Waals surface area contributed by atoms with Gasteiger partial charge in [0.1, 0.15) is 0 Å². The summed E-state index contributed by atoms with van der Waals surface area (Å²) in [5.41, 5.74) is 10.6. The molecule has 41 heavy (non-hydrogen) atoms. The quantitative estimate of drug-likeness (QED) is 0.280. The Bertz CT molecular complexity index is 1630. The first-order valence-electron chi connectivity index (χ1n) is 13.0. The minimum atomic E-state index is 0. The topological polar surface area (TPSA) is 0 Å². The number of aryl methyl sites for hydroxylation is 2. The molecule has 2 aromatic carbocycles. The van der Waals surface area contributed by atoms with Crippen LogP contribution < -0.4 is 24.8 Å². The third kappa shape index (κ3) is 5.99. The van der Waals surface area contributed by atoms with Crippen molar-refractivity contribution in [1.29, 1.82) is 0 Å². The Morgan fingerprint density at radius 2 is 1.00 bits per heavy atom. The summed E-state index contributed by atoms with van der Waals surface area (Å²) in [6.07, 6.45) is 24.5. The van der Waals surface area contributed by atoms with Gasteiger partial charge in [0, 0.05) is 9.75 Å². The van der Waals surface area contributed by atoms with Crippen LogP contribution >= 0.6 is 22.7 Å². The maximum atomic E-state index is 3.60. The van der Waals surface area contributed by atoms with Crippen LogP contribution in [0.5, 0.6) is 0 Å². The molecular weight excluding hydrogens is 659 g/mol. The van der Waals surface area contributed by atoms with Gasteiger partial charge >= 0.3 is 26.2 Å². The van der Waals surface area contributed by atoms with Gasteiger partial charge < -0.3 is 24.8 Å². The van der Waals surface area contributed by atoms with E-state index >= 15 is 0 Å². The third-order valence-corrected chi connectivity index (χ3v) is 9.53. The molecule has 0 saturated heterocycles. The fraction of sp³-hybridized carbons (Fsp3) is 0.111. The molecule has 2 unspecified atom stereocenters. The van der Waals surface area contributed by atoms with Crippen LogP contribution in [-0.2, 0) is 26.2 Å². The molecular formula is C36H26Cl2S2Zr. The van der Waals surface area contributed by atoms with Gasteiger partial charge in [0.2, 0.25) is 0 Å². The zero-order valence-corrected chi connectivity index (χ0v) is 28.2. The molecule has 5 heteroatoms. The van der Waals surface area contributed by atoms with Crippen LogP contribution in [-0.4, -0.2) is 0 Å². The number of benzene rings is 2. The number of rotatable bonds is 2. The predicted octanol–water partition coefficient (Wildman–Crippen LogP) is 4.05. The smallest absolute Gasteiger partial charge is 1.00 e. The van der Waals surface area contributed by atoms with Crippen molar-refractivity contribution in [3.8, 4) is 20.9 Å². The second-order valence-electron chi connectivity index (χ2n) is 9.96. The summed E-state index contributed by atoms with van der Waals surface area (Å²) >= 11 is 3.71. The second kappa shape index (κ2) is 13.4. The molecule has 2 atom stereocenters. The summed E-state index contributed by atoms with van der Waals surface area (Å²) in [7, 11) is 0. The van der Waals surface area contributed by atoms with Crippen LogP contribution in [0.3, 0.4) is 0 Å². The van der Waals surface area contributed by atoms with E-state index in [2.05, 4.69) is 135 Å². The van der Waals surface area contributed by atoms with Crippen LogP contribution in [0.4, 0.5) is 0 Å². The van der Waals surface area contributed by atoms with E-state index in [1.54, 1.807) is 0 Å². The SMILES string of the molecule is Cc1ccc(-c2cccc3c2[C-]=C2C=CC=CC23)s1.Cc1ccc(-c2cccc3c2[C-]=C2C=CC=CC23)s1.[Cl-].[Cl-].[Zr+4]. The van der Waals surface area contributed by atoms with E-state index in [0.717, 1.165) is 0 Å². The van der Waals surface area contributed by atoms with E-state index in [1.165, 1.54) is 64.0 Å². The summed E-state index contributed by atoms with van der Waals surface area (Å²) in [5.74, 6) is 0.807. The molecule has 2 aromatic heterocycles. The van der Waals surface area contributed by atoms with Gasteiger partial charge in [0.15, 0.2) is 0 Å². The van der Waals surface area contributed by atoms with Crippen LogP contribution in [0, 0.1) is 26.0 Å². The molecule has 0 N–H and O–H groups in total. The molecule has 0 aliphatic heterocycles. The molecule has 4 aliphatic rings. The number of hydrogen-bond acceptors (Lipinski definition) is 2. The molecule has 0 amide bonds. The number of thiophene rings is 2. The average molecular weight is 685 g/mol. The van der Waals surface area contributed by atoms with E-state index in [4.69, 9.17) is 0 Å². The molecule has 0 fully saturated rings.